The minimum absolute atomic E-state index is 0.0682. The van der Waals surface area contributed by atoms with Crippen molar-refractivity contribution in [3.8, 4) is 11.5 Å². The van der Waals surface area contributed by atoms with Gasteiger partial charge in [0.25, 0.3) is 5.91 Å². The number of hydrogen-bond donors (Lipinski definition) is 1. The molecular weight excluding hydrogens is 427 g/mol. The molecule has 0 aliphatic heterocycles. The highest BCUT2D eigenvalue weighted by Gasteiger charge is 2.30. The molecule has 0 saturated carbocycles. The third kappa shape index (κ3) is 6.41. The van der Waals surface area contributed by atoms with Crippen LogP contribution in [0.2, 0.25) is 5.02 Å². The highest BCUT2D eigenvalue weighted by atomic mass is 35.5. The Kier molecular flexibility index (Phi) is 7.71. The van der Waals surface area contributed by atoms with E-state index in [0.29, 0.717) is 17.1 Å². The molecule has 1 N–H and O–H groups in total. The fourth-order valence-corrected chi connectivity index (χ4v) is 2.65. The van der Waals surface area contributed by atoms with Crippen molar-refractivity contribution in [1.82, 2.24) is 0 Å². The quantitative estimate of drug-likeness (QED) is 0.501. The van der Waals surface area contributed by atoms with Gasteiger partial charge in [-0.25, -0.2) is 4.79 Å². The van der Waals surface area contributed by atoms with Gasteiger partial charge in [0.2, 0.25) is 0 Å². The third-order valence-corrected chi connectivity index (χ3v) is 3.97. The monoisotopic (exact) mass is 443 g/mol. The molecule has 0 unspecified atom stereocenters. The fraction of sp³-hybridized carbons (Fsp3) is 0.200. The second-order valence-electron chi connectivity index (χ2n) is 5.81. The smallest absolute Gasteiger partial charge is 0.416 e. The van der Waals surface area contributed by atoms with Crippen LogP contribution in [0.4, 0.5) is 18.9 Å². The number of carbonyl (C=O) groups is 2. The van der Waals surface area contributed by atoms with Gasteiger partial charge in [0, 0.05) is 11.8 Å². The number of carbonyl (C=O) groups excluding carboxylic acids is 2. The fourth-order valence-electron chi connectivity index (χ4n) is 2.35. The van der Waals surface area contributed by atoms with Gasteiger partial charge in [0.15, 0.2) is 18.1 Å². The summed E-state index contributed by atoms with van der Waals surface area (Å²) in [4.78, 5) is 23.6. The summed E-state index contributed by atoms with van der Waals surface area (Å²) >= 11 is 6.07. The second-order valence-corrected chi connectivity index (χ2v) is 6.21. The van der Waals surface area contributed by atoms with Gasteiger partial charge >= 0.3 is 12.1 Å². The van der Waals surface area contributed by atoms with Crippen molar-refractivity contribution in [3.63, 3.8) is 0 Å². The Balaban J connectivity index is 1.93. The average molecular weight is 444 g/mol. The molecule has 0 aliphatic rings. The first kappa shape index (κ1) is 23.1. The average Bonchev–Trinajstić information content (AvgIpc) is 2.69. The van der Waals surface area contributed by atoms with Crippen LogP contribution in [0.3, 0.4) is 0 Å². The molecule has 0 aliphatic carbocycles. The number of hydrogen-bond acceptors (Lipinski definition) is 5. The SMILES string of the molecule is COc1cc(/C=C/C(=O)OCC(=O)Nc2cccc(C(F)(F)F)c2)cc(Cl)c1OC. The highest BCUT2D eigenvalue weighted by Crippen LogP contribution is 2.36. The van der Waals surface area contributed by atoms with Crippen molar-refractivity contribution in [2.45, 2.75) is 6.18 Å². The van der Waals surface area contributed by atoms with Gasteiger partial charge in [-0.3, -0.25) is 4.79 Å². The molecule has 0 aromatic heterocycles. The number of anilines is 1. The van der Waals surface area contributed by atoms with Crippen molar-refractivity contribution in [3.05, 3.63) is 58.6 Å². The number of methoxy groups -OCH3 is 2. The first-order valence-corrected chi connectivity index (χ1v) is 8.75. The molecule has 2 aromatic rings. The molecule has 2 rings (SSSR count). The first-order valence-electron chi connectivity index (χ1n) is 8.37. The zero-order chi connectivity index (χ0) is 22.3. The molecule has 1 amide bonds. The minimum atomic E-state index is -4.54. The van der Waals surface area contributed by atoms with E-state index >= 15 is 0 Å². The highest BCUT2D eigenvalue weighted by molar-refractivity contribution is 6.32. The molecule has 2 aromatic carbocycles. The Bertz CT molecular complexity index is 960. The molecule has 0 heterocycles. The maximum atomic E-state index is 12.7. The van der Waals surface area contributed by atoms with Crippen molar-refractivity contribution >= 4 is 35.2 Å². The lowest BCUT2D eigenvalue weighted by atomic mass is 10.2. The number of esters is 1. The Morgan fingerprint density at radius 1 is 1.13 bits per heavy atom. The topological polar surface area (TPSA) is 73.9 Å². The maximum Gasteiger partial charge on any atom is 0.416 e. The standard InChI is InChI=1S/C20H17ClF3NO5/c1-28-16-9-12(8-15(21)19(16)29-2)6-7-18(27)30-11-17(26)25-14-5-3-4-13(10-14)20(22,23)24/h3-10H,11H2,1-2H3,(H,25,26)/b7-6+. The zero-order valence-electron chi connectivity index (χ0n) is 15.9. The summed E-state index contributed by atoms with van der Waals surface area (Å²) in [5.41, 5.74) is -0.460. The van der Waals surface area contributed by atoms with Crippen LogP contribution in [0, 0.1) is 0 Å². The molecule has 0 fully saturated rings. The molecule has 0 bridgehead atoms. The summed E-state index contributed by atoms with van der Waals surface area (Å²) in [5.74, 6) is -0.922. The van der Waals surface area contributed by atoms with Gasteiger partial charge in [0.1, 0.15) is 0 Å². The summed E-state index contributed by atoms with van der Waals surface area (Å²) in [6.45, 7) is -0.674. The summed E-state index contributed by atoms with van der Waals surface area (Å²) < 4.78 is 53.1. The molecule has 6 nitrogen and oxygen atoms in total. The van der Waals surface area contributed by atoms with Crippen LogP contribution in [0.1, 0.15) is 11.1 Å². The summed E-state index contributed by atoms with van der Waals surface area (Å²) in [6.07, 6.45) is -2.08. The number of ether oxygens (including phenoxy) is 3. The predicted molar refractivity (Wildman–Crippen MR) is 105 cm³/mol. The number of amides is 1. The van der Waals surface area contributed by atoms with E-state index < -0.39 is 30.2 Å². The van der Waals surface area contributed by atoms with Gasteiger partial charge in [-0.1, -0.05) is 17.7 Å². The van der Waals surface area contributed by atoms with Gasteiger partial charge < -0.3 is 19.5 Å². The Morgan fingerprint density at radius 2 is 1.87 bits per heavy atom. The van der Waals surface area contributed by atoms with Crippen LogP contribution in [-0.2, 0) is 20.5 Å². The van der Waals surface area contributed by atoms with Crippen LogP contribution >= 0.6 is 11.6 Å². The van der Waals surface area contributed by atoms with Crippen molar-refractivity contribution in [1.29, 1.82) is 0 Å². The van der Waals surface area contributed by atoms with E-state index in [4.69, 9.17) is 25.8 Å². The summed E-state index contributed by atoms with van der Waals surface area (Å²) in [5, 5.41) is 2.50. The lowest BCUT2D eigenvalue weighted by molar-refractivity contribution is -0.142. The molecule has 0 spiro atoms. The van der Waals surface area contributed by atoms with Crippen LogP contribution in [0.25, 0.3) is 6.08 Å². The van der Waals surface area contributed by atoms with Crippen LogP contribution in [0.15, 0.2) is 42.5 Å². The molecule has 30 heavy (non-hydrogen) atoms. The predicted octanol–water partition coefficient (Wildman–Crippen LogP) is 4.57. The molecule has 0 saturated heterocycles. The van der Waals surface area contributed by atoms with Crippen molar-refractivity contribution in [2.24, 2.45) is 0 Å². The molecule has 10 heteroatoms. The molecule has 0 radical (unpaired) electrons. The van der Waals surface area contributed by atoms with Crippen LogP contribution < -0.4 is 14.8 Å². The van der Waals surface area contributed by atoms with Crippen LogP contribution in [0.5, 0.6) is 11.5 Å². The Hall–Kier alpha value is -3.20. The lowest BCUT2D eigenvalue weighted by Crippen LogP contribution is -2.20. The zero-order valence-corrected chi connectivity index (χ0v) is 16.6. The number of nitrogens with one attached hydrogen (secondary N) is 1. The summed E-state index contributed by atoms with van der Waals surface area (Å²) in [6, 6.07) is 7.21. The molecule has 0 atom stereocenters. The van der Waals surface area contributed by atoms with Crippen LogP contribution in [-0.4, -0.2) is 32.7 Å². The number of alkyl halides is 3. The normalized spacial score (nSPS) is 11.3. The first-order chi connectivity index (χ1) is 14.1. The van der Waals surface area contributed by atoms with Gasteiger partial charge in [-0.2, -0.15) is 13.2 Å². The van der Waals surface area contributed by atoms with Crippen molar-refractivity contribution in [2.75, 3.05) is 26.1 Å². The lowest BCUT2D eigenvalue weighted by Gasteiger charge is -2.10. The van der Waals surface area contributed by atoms with E-state index in [1.165, 1.54) is 32.4 Å². The molecular formula is C20H17ClF3NO5. The van der Waals surface area contributed by atoms with E-state index in [-0.39, 0.29) is 10.7 Å². The largest absolute Gasteiger partial charge is 0.493 e. The van der Waals surface area contributed by atoms with E-state index in [9.17, 15) is 22.8 Å². The van der Waals surface area contributed by atoms with Crippen molar-refractivity contribution < 1.29 is 37.0 Å². The Morgan fingerprint density at radius 3 is 2.50 bits per heavy atom. The van der Waals surface area contributed by atoms with E-state index in [1.54, 1.807) is 6.07 Å². The van der Waals surface area contributed by atoms with E-state index in [0.717, 1.165) is 24.3 Å². The van der Waals surface area contributed by atoms with E-state index in [1.807, 2.05) is 0 Å². The third-order valence-electron chi connectivity index (χ3n) is 3.69. The molecule has 160 valence electrons. The minimum Gasteiger partial charge on any atom is -0.493 e. The maximum absolute atomic E-state index is 12.7. The van der Waals surface area contributed by atoms with Gasteiger partial charge in [-0.05, 0) is 42.0 Å². The second kappa shape index (κ2) is 10.0. The van der Waals surface area contributed by atoms with Gasteiger partial charge in [0.05, 0.1) is 24.8 Å². The number of rotatable bonds is 7. The Labute approximate surface area is 175 Å². The van der Waals surface area contributed by atoms with Gasteiger partial charge in [-0.15, -0.1) is 0 Å². The van der Waals surface area contributed by atoms with E-state index in [2.05, 4.69) is 5.32 Å². The number of benzene rings is 2. The number of halogens is 4. The summed E-state index contributed by atoms with van der Waals surface area (Å²) in [7, 11) is 2.86.